The van der Waals surface area contributed by atoms with E-state index in [1.807, 2.05) is 0 Å². The summed E-state index contributed by atoms with van der Waals surface area (Å²) in [5.74, 6) is -5.27. The molecular formula is C13H6F6N2O3. The Kier molecular flexibility index (Phi) is 4.36. The molecule has 5 nitrogen and oxygen atoms in total. The first-order valence-corrected chi connectivity index (χ1v) is 6.04. The lowest BCUT2D eigenvalue weighted by Crippen LogP contribution is -2.32. The number of halogens is 6. The van der Waals surface area contributed by atoms with E-state index in [1.54, 1.807) is 0 Å². The zero-order valence-corrected chi connectivity index (χ0v) is 11.3. The summed E-state index contributed by atoms with van der Waals surface area (Å²) in [6, 6.07) is 1.61. The molecule has 0 aliphatic rings. The van der Waals surface area contributed by atoms with Crippen LogP contribution in [0.4, 0.5) is 26.3 Å². The van der Waals surface area contributed by atoms with Crippen LogP contribution in [0.2, 0.25) is 0 Å². The molecule has 0 saturated carbocycles. The van der Waals surface area contributed by atoms with E-state index >= 15 is 0 Å². The number of carbonyl (C=O) groups excluding carboxylic acids is 2. The van der Waals surface area contributed by atoms with Gasteiger partial charge in [-0.3, -0.25) is 19.9 Å². The minimum Gasteiger partial charge on any atom is -0.446 e. The lowest BCUT2D eigenvalue weighted by atomic mass is 10.1. The lowest BCUT2D eigenvalue weighted by Gasteiger charge is -2.11. The molecule has 2 rings (SSSR count). The van der Waals surface area contributed by atoms with Crippen LogP contribution in [0, 0.1) is 0 Å². The van der Waals surface area contributed by atoms with Gasteiger partial charge in [-0.2, -0.15) is 26.3 Å². The van der Waals surface area contributed by atoms with Crippen LogP contribution < -0.4 is 5.32 Å². The summed E-state index contributed by atoms with van der Waals surface area (Å²) in [5, 5.41) is 1.51. The summed E-state index contributed by atoms with van der Waals surface area (Å²) in [7, 11) is 0. The second kappa shape index (κ2) is 5.98. The second-order valence-corrected chi connectivity index (χ2v) is 4.36. The summed E-state index contributed by atoms with van der Waals surface area (Å²) < 4.78 is 79.6. The van der Waals surface area contributed by atoms with Gasteiger partial charge in [0.05, 0.1) is 11.1 Å². The predicted octanol–water partition coefficient (Wildman–Crippen LogP) is 3.28. The maximum Gasteiger partial charge on any atom is 0.449 e. The van der Waals surface area contributed by atoms with Gasteiger partial charge in [0.1, 0.15) is 0 Å². The van der Waals surface area contributed by atoms with E-state index in [-0.39, 0.29) is 0 Å². The van der Waals surface area contributed by atoms with Gasteiger partial charge in [0.25, 0.3) is 11.8 Å². The van der Waals surface area contributed by atoms with Crippen LogP contribution in [-0.4, -0.2) is 16.8 Å². The van der Waals surface area contributed by atoms with Crippen molar-refractivity contribution in [3.63, 3.8) is 0 Å². The Morgan fingerprint density at radius 2 is 1.62 bits per heavy atom. The third kappa shape index (κ3) is 3.73. The van der Waals surface area contributed by atoms with Gasteiger partial charge in [-0.1, -0.05) is 0 Å². The summed E-state index contributed by atoms with van der Waals surface area (Å²) >= 11 is 0. The normalized spacial score (nSPS) is 12.1. The molecule has 2 aromatic rings. The van der Waals surface area contributed by atoms with Gasteiger partial charge >= 0.3 is 12.4 Å². The zero-order valence-electron chi connectivity index (χ0n) is 11.3. The molecule has 0 fully saturated rings. The minimum absolute atomic E-state index is 0.449. The number of pyridine rings is 1. The maximum absolute atomic E-state index is 12.8. The molecule has 2 heterocycles. The van der Waals surface area contributed by atoms with Crippen LogP contribution in [0.5, 0.6) is 0 Å². The Morgan fingerprint density at radius 3 is 2.17 bits per heavy atom. The molecule has 24 heavy (non-hydrogen) atoms. The van der Waals surface area contributed by atoms with E-state index in [0.29, 0.717) is 24.4 Å². The molecule has 0 saturated heterocycles. The number of aromatic nitrogens is 1. The number of hydrogen-bond donors (Lipinski definition) is 1. The standard InChI is InChI=1S/C13H6F6N2O3/c14-12(15,16)7-3-4-20-5-6(7)10(22)21-11(23)8-1-2-9(24-8)13(17,18)19/h1-5H,(H,21,22,23). The second-order valence-electron chi connectivity index (χ2n) is 4.36. The molecule has 0 atom stereocenters. The van der Waals surface area contributed by atoms with Gasteiger partial charge in [-0.25, -0.2) is 0 Å². The van der Waals surface area contributed by atoms with E-state index in [4.69, 9.17) is 0 Å². The molecular weight excluding hydrogens is 346 g/mol. The number of nitrogens with one attached hydrogen (secondary N) is 1. The van der Waals surface area contributed by atoms with Gasteiger partial charge in [0.15, 0.2) is 5.76 Å². The van der Waals surface area contributed by atoms with Gasteiger partial charge in [-0.05, 0) is 18.2 Å². The van der Waals surface area contributed by atoms with E-state index in [9.17, 15) is 35.9 Å². The summed E-state index contributed by atoms with van der Waals surface area (Å²) in [5.41, 5.74) is -2.31. The van der Waals surface area contributed by atoms with E-state index in [1.165, 1.54) is 5.32 Å². The van der Waals surface area contributed by atoms with Crippen LogP contribution in [0.15, 0.2) is 35.0 Å². The topological polar surface area (TPSA) is 72.2 Å². The third-order valence-corrected chi connectivity index (χ3v) is 2.71. The molecule has 11 heteroatoms. The van der Waals surface area contributed by atoms with E-state index in [0.717, 1.165) is 6.20 Å². The highest BCUT2D eigenvalue weighted by molar-refractivity contribution is 6.09. The zero-order chi connectivity index (χ0) is 18.1. The molecule has 0 aromatic carbocycles. The predicted molar refractivity (Wildman–Crippen MR) is 64.7 cm³/mol. The fourth-order valence-corrected chi connectivity index (χ4v) is 1.67. The number of hydrogen-bond acceptors (Lipinski definition) is 4. The number of furan rings is 1. The van der Waals surface area contributed by atoms with Crippen molar-refractivity contribution in [3.05, 3.63) is 53.2 Å². The van der Waals surface area contributed by atoms with Crippen molar-refractivity contribution in [2.75, 3.05) is 0 Å². The Bertz CT molecular complexity index is 778. The number of imide groups is 1. The van der Waals surface area contributed by atoms with Crippen molar-refractivity contribution in [1.82, 2.24) is 10.3 Å². The third-order valence-electron chi connectivity index (χ3n) is 2.71. The van der Waals surface area contributed by atoms with Crippen LogP contribution in [0.1, 0.15) is 32.2 Å². The lowest BCUT2D eigenvalue weighted by molar-refractivity contribution is -0.153. The molecule has 0 radical (unpaired) electrons. The van der Waals surface area contributed by atoms with Crippen molar-refractivity contribution >= 4 is 11.8 Å². The van der Waals surface area contributed by atoms with Crippen LogP contribution in [-0.2, 0) is 12.4 Å². The number of alkyl halides is 6. The summed E-state index contributed by atoms with van der Waals surface area (Å²) in [4.78, 5) is 26.8. The minimum atomic E-state index is -4.88. The van der Waals surface area contributed by atoms with Crippen molar-refractivity contribution in [3.8, 4) is 0 Å². The highest BCUT2D eigenvalue weighted by Crippen LogP contribution is 2.32. The Hall–Kier alpha value is -2.85. The highest BCUT2D eigenvalue weighted by atomic mass is 19.4. The van der Waals surface area contributed by atoms with Crippen LogP contribution in [0.25, 0.3) is 0 Å². The fraction of sp³-hybridized carbons (Fsp3) is 0.154. The van der Waals surface area contributed by atoms with E-state index in [2.05, 4.69) is 9.40 Å². The number of rotatable bonds is 2. The molecule has 128 valence electrons. The molecule has 2 amide bonds. The summed E-state index contributed by atoms with van der Waals surface area (Å²) in [6.45, 7) is 0. The molecule has 0 spiro atoms. The van der Waals surface area contributed by atoms with Crippen molar-refractivity contribution in [2.45, 2.75) is 12.4 Å². The van der Waals surface area contributed by atoms with Gasteiger partial charge in [0, 0.05) is 12.4 Å². The van der Waals surface area contributed by atoms with Crippen molar-refractivity contribution in [2.24, 2.45) is 0 Å². The molecule has 1 N–H and O–H groups in total. The fourth-order valence-electron chi connectivity index (χ4n) is 1.67. The molecule has 0 unspecified atom stereocenters. The first-order chi connectivity index (χ1) is 11.0. The van der Waals surface area contributed by atoms with Crippen LogP contribution >= 0.6 is 0 Å². The molecule has 0 aliphatic heterocycles. The average molecular weight is 352 g/mol. The first-order valence-electron chi connectivity index (χ1n) is 6.04. The van der Waals surface area contributed by atoms with Crippen molar-refractivity contribution in [1.29, 1.82) is 0 Å². The first kappa shape index (κ1) is 17.5. The smallest absolute Gasteiger partial charge is 0.446 e. The largest absolute Gasteiger partial charge is 0.449 e. The van der Waals surface area contributed by atoms with Crippen molar-refractivity contribution < 1.29 is 40.3 Å². The number of nitrogens with zero attached hydrogens (tertiary/aromatic N) is 1. The van der Waals surface area contributed by atoms with E-state index < -0.39 is 46.8 Å². The molecule has 2 aromatic heterocycles. The van der Waals surface area contributed by atoms with Gasteiger partial charge < -0.3 is 4.42 Å². The SMILES string of the molecule is O=C(NC(=O)c1cnccc1C(F)(F)F)c1ccc(C(F)(F)F)o1. The summed E-state index contributed by atoms with van der Waals surface area (Å²) in [6.07, 6.45) is -8.36. The number of carbonyl (C=O) groups is 2. The average Bonchev–Trinajstić information content (AvgIpc) is 2.96. The highest BCUT2D eigenvalue weighted by Gasteiger charge is 2.37. The maximum atomic E-state index is 12.8. The quantitative estimate of drug-likeness (QED) is 0.665. The van der Waals surface area contributed by atoms with Gasteiger partial charge in [0.2, 0.25) is 5.76 Å². The van der Waals surface area contributed by atoms with Crippen LogP contribution in [0.3, 0.4) is 0 Å². The molecule has 0 aliphatic carbocycles. The number of amides is 2. The molecule has 0 bridgehead atoms. The Balaban J connectivity index is 2.22. The van der Waals surface area contributed by atoms with Gasteiger partial charge in [-0.15, -0.1) is 0 Å². The monoisotopic (exact) mass is 352 g/mol. The Morgan fingerprint density at radius 1 is 0.958 bits per heavy atom. The Labute approximate surface area is 129 Å².